The summed E-state index contributed by atoms with van der Waals surface area (Å²) in [6.07, 6.45) is 6.09. The van der Waals surface area contributed by atoms with Gasteiger partial charge in [-0.1, -0.05) is 6.07 Å². The number of carbonyl (C=O) groups excluding carboxylic acids is 2. The number of aromatic nitrogens is 4. The lowest BCUT2D eigenvalue weighted by molar-refractivity contribution is -0.136. The molecule has 1 saturated heterocycles. The lowest BCUT2D eigenvalue weighted by Gasteiger charge is -2.28. The Morgan fingerprint density at radius 1 is 1.22 bits per heavy atom. The van der Waals surface area contributed by atoms with Gasteiger partial charge in [-0.15, -0.1) is 0 Å². The zero-order valence-electron chi connectivity index (χ0n) is 20.8. The molecule has 1 aromatic carbocycles. The van der Waals surface area contributed by atoms with E-state index in [1.54, 1.807) is 16.9 Å². The molecule has 1 aliphatic heterocycles. The summed E-state index contributed by atoms with van der Waals surface area (Å²) in [4.78, 5) is 33.8. The summed E-state index contributed by atoms with van der Waals surface area (Å²) in [7, 11) is 0. The van der Waals surface area contributed by atoms with Gasteiger partial charge in [0.25, 0.3) is 11.8 Å². The number of alkyl halides is 2. The van der Waals surface area contributed by atoms with E-state index in [4.69, 9.17) is 4.98 Å². The number of H-pyrrole nitrogens is 1. The number of halogens is 2. The molecular formula is C27H32F2N6O2. The molecule has 3 aliphatic rings. The van der Waals surface area contributed by atoms with Crippen LogP contribution in [0.5, 0.6) is 0 Å². The van der Waals surface area contributed by atoms with Crippen LogP contribution >= 0.6 is 0 Å². The second-order valence-corrected chi connectivity index (χ2v) is 10.9. The number of imidazole rings is 1. The van der Waals surface area contributed by atoms with Crippen molar-refractivity contribution in [3.63, 3.8) is 0 Å². The zero-order valence-corrected chi connectivity index (χ0v) is 20.8. The number of aromatic amines is 1. The van der Waals surface area contributed by atoms with Crippen molar-refractivity contribution in [2.24, 2.45) is 23.7 Å². The van der Waals surface area contributed by atoms with E-state index < -0.39 is 24.8 Å². The number of benzene rings is 1. The van der Waals surface area contributed by atoms with Crippen LogP contribution in [0.25, 0.3) is 11.0 Å². The van der Waals surface area contributed by atoms with Crippen LogP contribution in [-0.4, -0.2) is 44.0 Å². The van der Waals surface area contributed by atoms with Crippen molar-refractivity contribution in [3.05, 3.63) is 47.5 Å². The van der Waals surface area contributed by atoms with Gasteiger partial charge < -0.3 is 15.6 Å². The third-order valence-corrected chi connectivity index (χ3v) is 8.03. The summed E-state index contributed by atoms with van der Waals surface area (Å²) < 4.78 is 29.4. The van der Waals surface area contributed by atoms with Crippen LogP contribution < -0.4 is 10.6 Å². The molecule has 0 spiro atoms. The number of rotatable bonds is 9. The van der Waals surface area contributed by atoms with Gasteiger partial charge in [0.05, 0.1) is 23.6 Å². The SMILES string of the molecule is CCn1nccc1C(=O)N[C@H](c1nc2ccc(CC3CC(F)(F)CNC3=O)cc2[nH]1)C(C1CC1)C1CC1. The van der Waals surface area contributed by atoms with Gasteiger partial charge >= 0.3 is 0 Å². The van der Waals surface area contributed by atoms with Gasteiger partial charge in [-0.25, -0.2) is 13.8 Å². The molecule has 2 atom stereocenters. The Morgan fingerprint density at radius 3 is 2.68 bits per heavy atom. The molecule has 3 aromatic rings. The number of piperidine rings is 1. The highest BCUT2D eigenvalue weighted by Gasteiger charge is 2.47. The Balaban J connectivity index is 1.28. The van der Waals surface area contributed by atoms with E-state index in [9.17, 15) is 18.4 Å². The average molecular weight is 511 g/mol. The molecule has 0 radical (unpaired) electrons. The number of nitrogens with one attached hydrogen (secondary N) is 3. The maximum absolute atomic E-state index is 13.9. The van der Waals surface area contributed by atoms with Crippen LogP contribution in [0.15, 0.2) is 30.5 Å². The third kappa shape index (κ3) is 4.98. The first-order valence-corrected chi connectivity index (χ1v) is 13.3. The monoisotopic (exact) mass is 510 g/mol. The molecule has 0 bridgehead atoms. The summed E-state index contributed by atoms with van der Waals surface area (Å²) in [6, 6.07) is 7.07. The van der Waals surface area contributed by atoms with Crippen LogP contribution in [0.2, 0.25) is 0 Å². The Bertz CT molecular complexity index is 1310. The van der Waals surface area contributed by atoms with E-state index in [1.807, 2.05) is 25.1 Å². The first-order valence-electron chi connectivity index (χ1n) is 13.3. The average Bonchev–Trinajstić information content (AvgIpc) is 3.79. The van der Waals surface area contributed by atoms with E-state index in [-0.39, 0.29) is 24.3 Å². The molecule has 10 heteroatoms. The van der Waals surface area contributed by atoms with Gasteiger partial charge in [0.15, 0.2) is 0 Å². The summed E-state index contributed by atoms with van der Waals surface area (Å²) in [5.74, 6) is -1.98. The fourth-order valence-corrected chi connectivity index (χ4v) is 5.92. The molecule has 2 aromatic heterocycles. The molecule has 6 rings (SSSR count). The molecule has 3 fully saturated rings. The van der Waals surface area contributed by atoms with Crippen LogP contribution in [-0.2, 0) is 17.8 Å². The number of carbonyl (C=O) groups is 2. The minimum Gasteiger partial charge on any atom is -0.350 e. The number of amides is 2. The van der Waals surface area contributed by atoms with Gasteiger partial charge in [0, 0.05) is 25.1 Å². The number of nitrogens with zero attached hydrogens (tertiary/aromatic N) is 3. The summed E-state index contributed by atoms with van der Waals surface area (Å²) in [5.41, 5.74) is 2.85. The molecule has 2 aliphatic carbocycles. The molecule has 3 N–H and O–H groups in total. The molecule has 2 amide bonds. The van der Waals surface area contributed by atoms with Gasteiger partial charge in [-0.2, -0.15) is 5.10 Å². The molecule has 37 heavy (non-hydrogen) atoms. The largest absolute Gasteiger partial charge is 0.350 e. The fourth-order valence-electron chi connectivity index (χ4n) is 5.92. The highest BCUT2D eigenvalue weighted by molar-refractivity contribution is 5.92. The highest BCUT2D eigenvalue weighted by atomic mass is 19.3. The van der Waals surface area contributed by atoms with Crippen molar-refractivity contribution in [3.8, 4) is 0 Å². The first kappa shape index (κ1) is 24.1. The molecule has 196 valence electrons. The molecular weight excluding hydrogens is 478 g/mol. The summed E-state index contributed by atoms with van der Waals surface area (Å²) in [5, 5.41) is 9.85. The number of aryl methyl sites for hydroxylation is 1. The number of fused-ring (bicyclic) bond motifs is 1. The highest BCUT2D eigenvalue weighted by Crippen LogP contribution is 2.54. The van der Waals surface area contributed by atoms with Crippen molar-refractivity contribution in [1.82, 2.24) is 30.4 Å². The Kier molecular flexibility index (Phi) is 6.00. The Morgan fingerprint density at radius 2 is 1.97 bits per heavy atom. The minimum absolute atomic E-state index is 0.166. The van der Waals surface area contributed by atoms with E-state index in [2.05, 4.69) is 20.7 Å². The van der Waals surface area contributed by atoms with Crippen LogP contribution in [0.3, 0.4) is 0 Å². The molecule has 3 heterocycles. The molecule has 8 nitrogen and oxygen atoms in total. The zero-order chi connectivity index (χ0) is 25.7. The number of hydrogen-bond acceptors (Lipinski definition) is 4. The standard InChI is InChI=1S/C27H32F2N6O2/c1-2-35-21(9-10-31-35)26(37)34-23(22(16-4-5-16)17-6-7-17)24-32-19-8-3-15(12-20(19)33-24)11-18-13-27(28,29)14-30-25(18)36/h3,8-10,12,16-18,22-23H,2,4-7,11,13-14H2,1H3,(H,30,36)(H,32,33)(H,34,37)/t18?,23-/m0/s1. The van der Waals surface area contributed by atoms with E-state index in [0.717, 1.165) is 16.6 Å². The van der Waals surface area contributed by atoms with E-state index >= 15 is 0 Å². The van der Waals surface area contributed by atoms with E-state index in [1.165, 1.54) is 25.7 Å². The van der Waals surface area contributed by atoms with Gasteiger partial charge in [-0.05, 0) is 80.5 Å². The van der Waals surface area contributed by atoms with Crippen molar-refractivity contribution in [2.75, 3.05) is 6.54 Å². The Labute approximate surface area is 213 Å². The van der Waals surface area contributed by atoms with Gasteiger partial charge in [0.1, 0.15) is 11.5 Å². The van der Waals surface area contributed by atoms with Crippen LogP contribution in [0.1, 0.15) is 66.9 Å². The van der Waals surface area contributed by atoms with E-state index in [0.29, 0.717) is 35.8 Å². The lowest BCUT2D eigenvalue weighted by Crippen LogP contribution is -2.48. The van der Waals surface area contributed by atoms with Crippen molar-refractivity contribution >= 4 is 22.8 Å². The van der Waals surface area contributed by atoms with Crippen molar-refractivity contribution < 1.29 is 18.4 Å². The van der Waals surface area contributed by atoms with Crippen molar-refractivity contribution in [1.29, 1.82) is 0 Å². The molecule has 2 saturated carbocycles. The maximum Gasteiger partial charge on any atom is 0.270 e. The fraction of sp³-hybridized carbons (Fsp3) is 0.556. The number of hydrogen-bond donors (Lipinski definition) is 3. The smallest absolute Gasteiger partial charge is 0.270 e. The summed E-state index contributed by atoms with van der Waals surface area (Å²) in [6.45, 7) is 1.96. The second-order valence-electron chi connectivity index (χ2n) is 10.9. The predicted molar refractivity (Wildman–Crippen MR) is 133 cm³/mol. The quantitative estimate of drug-likeness (QED) is 0.405. The minimum atomic E-state index is -2.89. The van der Waals surface area contributed by atoms with Gasteiger partial charge in [-0.3, -0.25) is 14.3 Å². The maximum atomic E-state index is 13.9. The molecule has 1 unspecified atom stereocenters. The second kappa shape index (κ2) is 9.22. The topological polar surface area (TPSA) is 105 Å². The Hall–Kier alpha value is -3.30. The summed E-state index contributed by atoms with van der Waals surface area (Å²) >= 11 is 0. The predicted octanol–water partition coefficient (Wildman–Crippen LogP) is 4.00. The van der Waals surface area contributed by atoms with Crippen molar-refractivity contribution in [2.45, 2.75) is 64.0 Å². The lowest BCUT2D eigenvalue weighted by atomic mass is 9.88. The van der Waals surface area contributed by atoms with Crippen LogP contribution in [0.4, 0.5) is 8.78 Å². The third-order valence-electron chi connectivity index (χ3n) is 8.03. The first-order chi connectivity index (χ1) is 17.8. The normalized spacial score (nSPS) is 22.3. The van der Waals surface area contributed by atoms with Gasteiger partial charge in [0.2, 0.25) is 5.91 Å². The van der Waals surface area contributed by atoms with Crippen LogP contribution in [0, 0.1) is 23.7 Å².